The Hall–Kier alpha value is -1.63. The van der Waals surface area contributed by atoms with Crippen LogP contribution in [0.3, 0.4) is 0 Å². The Kier molecular flexibility index (Phi) is 3.73. The van der Waals surface area contributed by atoms with Crippen molar-refractivity contribution >= 4 is 17.9 Å². The molecular weight excluding hydrogens is 268 g/mol. The number of fused-ring (bicyclic) bond motifs is 1. The fourth-order valence-corrected chi connectivity index (χ4v) is 2.56. The Bertz CT molecular complexity index is 426. The van der Waals surface area contributed by atoms with E-state index >= 15 is 0 Å². The van der Waals surface area contributed by atoms with Crippen molar-refractivity contribution in [3.05, 3.63) is 0 Å². The van der Waals surface area contributed by atoms with Crippen molar-refractivity contribution in [2.24, 2.45) is 5.41 Å². The normalized spacial score (nSPS) is 29.9. The summed E-state index contributed by atoms with van der Waals surface area (Å²) in [6, 6.07) is 0. The number of esters is 3. The SMILES string of the molecule is CCOC(=O)C1(C(=O)OCC)COC(=O)[C@]2(CC)O[C@@H]12. The maximum atomic E-state index is 12.2. The van der Waals surface area contributed by atoms with Crippen molar-refractivity contribution in [1.82, 2.24) is 0 Å². The molecule has 20 heavy (non-hydrogen) atoms. The molecule has 0 N–H and O–H groups in total. The number of epoxide rings is 1. The number of carbonyl (C=O) groups excluding carboxylic acids is 3. The fraction of sp³-hybridized carbons (Fsp3) is 0.769. The third kappa shape index (κ3) is 1.80. The maximum absolute atomic E-state index is 12.2. The Morgan fingerprint density at radius 2 is 1.75 bits per heavy atom. The highest BCUT2D eigenvalue weighted by molar-refractivity contribution is 6.05. The number of hydrogen-bond acceptors (Lipinski definition) is 7. The molecule has 112 valence electrons. The number of rotatable bonds is 5. The van der Waals surface area contributed by atoms with Gasteiger partial charge in [0.15, 0.2) is 5.60 Å². The van der Waals surface area contributed by atoms with Gasteiger partial charge in [0.1, 0.15) is 12.7 Å². The van der Waals surface area contributed by atoms with Gasteiger partial charge in [0.05, 0.1) is 13.2 Å². The molecular formula is C13H18O7. The molecule has 0 aromatic carbocycles. The Labute approximate surface area is 116 Å². The van der Waals surface area contributed by atoms with Crippen LogP contribution < -0.4 is 0 Å². The molecule has 0 spiro atoms. The van der Waals surface area contributed by atoms with Gasteiger partial charge in [0.2, 0.25) is 5.41 Å². The van der Waals surface area contributed by atoms with Gasteiger partial charge >= 0.3 is 17.9 Å². The quantitative estimate of drug-likeness (QED) is 0.308. The lowest BCUT2D eigenvalue weighted by atomic mass is 9.77. The van der Waals surface area contributed by atoms with Crippen LogP contribution in [0.2, 0.25) is 0 Å². The Morgan fingerprint density at radius 3 is 2.20 bits per heavy atom. The van der Waals surface area contributed by atoms with Gasteiger partial charge in [-0.25, -0.2) is 4.79 Å². The van der Waals surface area contributed by atoms with Crippen molar-refractivity contribution in [2.45, 2.75) is 38.9 Å². The summed E-state index contributed by atoms with van der Waals surface area (Å²) in [7, 11) is 0. The van der Waals surface area contributed by atoms with Gasteiger partial charge in [-0.2, -0.15) is 0 Å². The van der Waals surface area contributed by atoms with Gasteiger partial charge in [-0.05, 0) is 20.3 Å². The van der Waals surface area contributed by atoms with E-state index in [1.807, 2.05) is 0 Å². The Balaban J connectivity index is 2.37. The zero-order valence-corrected chi connectivity index (χ0v) is 11.8. The number of carbonyl (C=O) groups is 3. The second-order valence-corrected chi connectivity index (χ2v) is 4.73. The molecule has 2 saturated heterocycles. The van der Waals surface area contributed by atoms with Crippen molar-refractivity contribution in [3.63, 3.8) is 0 Å². The van der Waals surface area contributed by atoms with E-state index in [9.17, 15) is 14.4 Å². The minimum atomic E-state index is -1.71. The van der Waals surface area contributed by atoms with Crippen molar-refractivity contribution < 1.29 is 33.3 Å². The Morgan fingerprint density at radius 1 is 1.20 bits per heavy atom. The van der Waals surface area contributed by atoms with E-state index in [4.69, 9.17) is 18.9 Å². The molecule has 2 aliphatic rings. The summed E-state index contributed by atoms with van der Waals surface area (Å²) < 4.78 is 20.3. The molecule has 0 amide bonds. The van der Waals surface area contributed by atoms with Gasteiger partial charge in [0.25, 0.3) is 0 Å². The van der Waals surface area contributed by atoms with Gasteiger partial charge in [-0.15, -0.1) is 0 Å². The van der Waals surface area contributed by atoms with E-state index in [1.165, 1.54) is 0 Å². The highest BCUT2D eigenvalue weighted by Gasteiger charge is 2.79. The lowest BCUT2D eigenvalue weighted by Crippen LogP contribution is -2.57. The lowest BCUT2D eigenvalue weighted by Gasteiger charge is -2.31. The van der Waals surface area contributed by atoms with Crippen LogP contribution >= 0.6 is 0 Å². The molecule has 0 saturated carbocycles. The van der Waals surface area contributed by atoms with Crippen LogP contribution in [-0.2, 0) is 33.3 Å². The molecule has 2 heterocycles. The van der Waals surface area contributed by atoms with Crippen LogP contribution in [0, 0.1) is 5.41 Å². The fourth-order valence-electron chi connectivity index (χ4n) is 2.56. The van der Waals surface area contributed by atoms with Gasteiger partial charge < -0.3 is 18.9 Å². The summed E-state index contributed by atoms with van der Waals surface area (Å²) in [5, 5.41) is 0. The summed E-state index contributed by atoms with van der Waals surface area (Å²) in [6.45, 7) is 4.81. The molecule has 0 bridgehead atoms. The second kappa shape index (κ2) is 5.05. The lowest BCUT2D eigenvalue weighted by molar-refractivity contribution is -0.183. The highest BCUT2D eigenvalue weighted by atomic mass is 16.7. The third-order valence-corrected chi connectivity index (χ3v) is 3.72. The zero-order chi connectivity index (χ0) is 15.0. The minimum absolute atomic E-state index is 0.111. The average molecular weight is 286 g/mol. The van der Waals surface area contributed by atoms with Gasteiger partial charge in [0, 0.05) is 0 Å². The van der Waals surface area contributed by atoms with Crippen LogP contribution in [0.15, 0.2) is 0 Å². The number of ether oxygens (including phenoxy) is 4. The molecule has 0 aromatic rings. The highest BCUT2D eigenvalue weighted by Crippen LogP contribution is 2.54. The molecule has 2 atom stereocenters. The largest absolute Gasteiger partial charge is 0.465 e. The van der Waals surface area contributed by atoms with E-state index < -0.39 is 41.6 Å². The van der Waals surface area contributed by atoms with Crippen LogP contribution in [0.25, 0.3) is 0 Å². The maximum Gasteiger partial charge on any atom is 0.341 e. The zero-order valence-electron chi connectivity index (χ0n) is 11.8. The first-order valence-electron chi connectivity index (χ1n) is 6.69. The first-order chi connectivity index (χ1) is 9.49. The minimum Gasteiger partial charge on any atom is -0.465 e. The topological polar surface area (TPSA) is 91.4 Å². The van der Waals surface area contributed by atoms with Gasteiger partial charge in [-0.1, -0.05) is 6.92 Å². The van der Waals surface area contributed by atoms with E-state index in [0.717, 1.165) is 0 Å². The van der Waals surface area contributed by atoms with Crippen LogP contribution in [0.1, 0.15) is 27.2 Å². The monoisotopic (exact) mass is 286 g/mol. The van der Waals surface area contributed by atoms with E-state index in [1.54, 1.807) is 20.8 Å². The number of cyclic esters (lactones) is 1. The average Bonchev–Trinajstić information content (AvgIpc) is 3.17. The molecule has 0 radical (unpaired) electrons. The van der Waals surface area contributed by atoms with Gasteiger partial charge in [-0.3, -0.25) is 9.59 Å². The van der Waals surface area contributed by atoms with E-state index in [2.05, 4.69) is 0 Å². The molecule has 0 unspecified atom stereocenters. The van der Waals surface area contributed by atoms with Crippen molar-refractivity contribution in [1.29, 1.82) is 0 Å². The third-order valence-electron chi connectivity index (χ3n) is 3.72. The standard InChI is InChI=1S/C13H18O7/c1-4-13-8(20-13)12(7-19-11(13)16,9(14)17-5-2)10(15)18-6-3/h8H,4-7H2,1-3H3/t8-,13+/m0/s1. The number of hydrogen-bond donors (Lipinski definition) is 0. The predicted octanol–water partition coefficient (Wildman–Crippen LogP) is 0.203. The van der Waals surface area contributed by atoms with E-state index in [0.29, 0.717) is 6.42 Å². The van der Waals surface area contributed by atoms with Crippen LogP contribution in [-0.4, -0.2) is 49.4 Å². The summed E-state index contributed by atoms with van der Waals surface area (Å²) >= 11 is 0. The van der Waals surface area contributed by atoms with E-state index in [-0.39, 0.29) is 13.2 Å². The smallest absolute Gasteiger partial charge is 0.341 e. The molecule has 7 nitrogen and oxygen atoms in total. The van der Waals surface area contributed by atoms with Crippen LogP contribution in [0.5, 0.6) is 0 Å². The summed E-state index contributed by atoms with van der Waals surface area (Å²) in [5.41, 5.74) is -2.94. The molecule has 0 aliphatic carbocycles. The molecule has 2 fully saturated rings. The molecule has 0 aromatic heterocycles. The molecule has 2 rings (SSSR count). The first-order valence-corrected chi connectivity index (χ1v) is 6.69. The molecule has 2 aliphatic heterocycles. The van der Waals surface area contributed by atoms with Crippen molar-refractivity contribution in [3.8, 4) is 0 Å². The molecule has 7 heteroatoms. The first kappa shape index (κ1) is 14.8. The van der Waals surface area contributed by atoms with Crippen molar-refractivity contribution in [2.75, 3.05) is 19.8 Å². The second-order valence-electron chi connectivity index (χ2n) is 4.73. The predicted molar refractivity (Wildman–Crippen MR) is 64.6 cm³/mol. The van der Waals surface area contributed by atoms with Crippen LogP contribution in [0.4, 0.5) is 0 Å². The summed E-state index contributed by atoms with van der Waals surface area (Å²) in [6.07, 6.45) is -0.559. The summed E-state index contributed by atoms with van der Waals surface area (Å²) in [5.74, 6) is -2.09. The summed E-state index contributed by atoms with van der Waals surface area (Å²) in [4.78, 5) is 36.3.